The molecule has 4 heteroatoms. The summed E-state index contributed by atoms with van der Waals surface area (Å²) in [6, 6.07) is 17.6. The van der Waals surface area contributed by atoms with Crippen molar-refractivity contribution in [3.05, 3.63) is 60.2 Å². The average molecular weight is 327 g/mol. The van der Waals surface area contributed by atoms with E-state index in [4.69, 9.17) is 9.47 Å². The fourth-order valence-electron chi connectivity index (χ4n) is 2.39. The van der Waals surface area contributed by atoms with E-state index in [9.17, 15) is 4.79 Å². The van der Waals surface area contributed by atoms with Gasteiger partial charge in [-0.1, -0.05) is 36.4 Å². The predicted molar refractivity (Wildman–Crippen MR) is 95.5 cm³/mol. The first-order chi connectivity index (χ1) is 11.6. The molecule has 0 aliphatic rings. The topological polar surface area (TPSA) is 47.6 Å². The Morgan fingerprint density at radius 2 is 1.75 bits per heavy atom. The van der Waals surface area contributed by atoms with Crippen LogP contribution in [0.25, 0.3) is 0 Å². The van der Waals surface area contributed by atoms with Gasteiger partial charge in [0, 0.05) is 12.1 Å². The Morgan fingerprint density at radius 1 is 1.04 bits per heavy atom. The van der Waals surface area contributed by atoms with Crippen LogP contribution in [0.4, 0.5) is 0 Å². The molecular formula is C20H25NO3. The third kappa shape index (κ3) is 5.61. The normalized spacial score (nSPS) is 13.0. The van der Waals surface area contributed by atoms with Crippen molar-refractivity contribution in [3.63, 3.8) is 0 Å². The van der Waals surface area contributed by atoms with E-state index in [1.807, 2.05) is 43.3 Å². The van der Waals surface area contributed by atoms with Crippen molar-refractivity contribution in [1.29, 1.82) is 0 Å². The van der Waals surface area contributed by atoms with Gasteiger partial charge in [-0.15, -0.1) is 0 Å². The maximum absolute atomic E-state index is 12.3. The van der Waals surface area contributed by atoms with Crippen molar-refractivity contribution < 1.29 is 14.3 Å². The highest BCUT2D eigenvalue weighted by Gasteiger charge is 2.17. The maximum atomic E-state index is 12.3. The van der Waals surface area contributed by atoms with Crippen LogP contribution in [0.1, 0.15) is 25.8 Å². The molecule has 1 amide bonds. The molecule has 2 atom stereocenters. The number of carbonyl (C=O) groups excluding carboxylic acids is 1. The summed E-state index contributed by atoms with van der Waals surface area (Å²) < 4.78 is 10.8. The third-order valence-corrected chi connectivity index (χ3v) is 3.82. The first-order valence-corrected chi connectivity index (χ1v) is 8.23. The minimum Gasteiger partial charge on any atom is -0.497 e. The van der Waals surface area contributed by atoms with E-state index in [2.05, 4.69) is 17.4 Å². The Balaban J connectivity index is 1.79. The molecule has 0 radical (unpaired) electrons. The molecule has 1 N–H and O–H groups in total. The van der Waals surface area contributed by atoms with Crippen LogP contribution in [0.5, 0.6) is 11.5 Å². The summed E-state index contributed by atoms with van der Waals surface area (Å²) in [5.74, 6) is 1.21. The van der Waals surface area contributed by atoms with Crippen LogP contribution in [0.3, 0.4) is 0 Å². The van der Waals surface area contributed by atoms with Crippen LogP contribution < -0.4 is 14.8 Å². The molecule has 0 aromatic heterocycles. The lowest BCUT2D eigenvalue weighted by molar-refractivity contribution is -0.127. The van der Waals surface area contributed by atoms with Crippen molar-refractivity contribution in [3.8, 4) is 11.5 Å². The molecule has 2 aromatic rings. The van der Waals surface area contributed by atoms with Crippen molar-refractivity contribution in [2.45, 2.75) is 38.8 Å². The van der Waals surface area contributed by atoms with E-state index in [0.717, 1.165) is 12.8 Å². The first kappa shape index (κ1) is 17.9. The van der Waals surface area contributed by atoms with Gasteiger partial charge in [0.05, 0.1) is 7.11 Å². The van der Waals surface area contributed by atoms with Gasteiger partial charge >= 0.3 is 0 Å². The van der Waals surface area contributed by atoms with E-state index in [-0.39, 0.29) is 11.9 Å². The summed E-state index contributed by atoms with van der Waals surface area (Å²) in [4.78, 5) is 12.3. The van der Waals surface area contributed by atoms with E-state index in [1.54, 1.807) is 20.1 Å². The smallest absolute Gasteiger partial charge is 0.260 e. The van der Waals surface area contributed by atoms with Crippen molar-refractivity contribution in [1.82, 2.24) is 5.32 Å². The number of amides is 1. The number of ether oxygens (including phenoxy) is 2. The maximum Gasteiger partial charge on any atom is 0.260 e. The van der Waals surface area contributed by atoms with Crippen molar-refractivity contribution in [2.24, 2.45) is 0 Å². The van der Waals surface area contributed by atoms with Crippen LogP contribution in [0.15, 0.2) is 54.6 Å². The number of hydrogen-bond acceptors (Lipinski definition) is 3. The summed E-state index contributed by atoms with van der Waals surface area (Å²) >= 11 is 0. The highest BCUT2D eigenvalue weighted by molar-refractivity contribution is 5.81. The second-order valence-electron chi connectivity index (χ2n) is 5.87. The van der Waals surface area contributed by atoms with Gasteiger partial charge in [-0.2, -0.15) is 0 Å². The Morgan fingerprint density at radius 3 is 2.46 bits per heavy atom. The van der Waals surface area contributed by atoms with Gasteiger partial charge in [-0.05, 0) is 44.4 Å². The lowest BCUT2D eigenvalue weighted by Gasteiger charge is -2.19. The number of nitrogens with one attached hydrogen (secondary N) is 1. The molecule has 0 bridgehead atoms. The molecule has 0 saturated carbocycles. The quantitative estimate of drug-likeness (QED) is 0.806. The molecule has 2 aromatic carbocycles. The molecule has 0 fully saturated rings. The fraction of sp³-hybridized carbons (Fsp3) is 0.350. The van der Waals surface area contributed by atoms with Gasteiger partial charge in [0.25, 0.3) is 5.91 Å². The van der Waals surface area contributed by atoms with E-state index < -0.39 is 6.10 Å². The minimum absolute atomic E-state index is 0.0917. The molecule has 0 unspecified atom stereocenters. The number of carbonyl (C=O) groups is 1. The van der Waals surface area contributed by atoms with Gasteiger partial charge < -0.3 is 14.8 Å². The number of benzene rings is 2. The first-order valence-electron chi connectivity index (χ1n) is 8.23. The van der Waals surface area contributed by atoms with Gasteiger partial charge in [0.2, 0.25) is 0 Å². The second kappa shape index (κ2) is 8.96. The zero-order valence-corrected chi connectivity index (χ0v) is 14.5. The van der Waals surface area contributed by atoms with Crippen molar-refractivity contribution in [2.75, 3.05) is 7.11 Å². The van der Waals surface area contributed by atoms with E-state index in [0.29, 0.717) is 11.5 Å². The average Bonchev–Trinajstić information content (AvgIpc) is 2.61. The summed E-state index contributed by atoms with van der Waals surface area (Å²) in [6.07, 6.45) is 1.27. The molecule has 0 aliphatic heterocycles. The molecular weight excluding hydrogens is 302 g/mol. The Bertz CT molecular complexity index is 642. The standard InChI is InChI=1S/C20H25NO3/c1-15(12-13-17-8-5-4-6-9-17)21-20(22)16(2)24-19-11-7-10-18(14-19)23-3/h4-11,14-16H,12-13H2,1-3H3,(H,21,22)/t15-,16-/m1/s1. The second-order valence-corrected chi connectivity index (χ2v) is 5.87. The highest BCUT2D eigenvalue weighted by Crippen LogP contribution is 2.20. The highest BCUT2D eigenvalue weighted by atomic mass is 16.5. The molecule has 2 rings (SSSR count). The van der Waals surface area contributed by atoms with Crippen LogP contribution in [-0.2, 0) is 11.2 Å². The van der Waals surface area contributed by atoms with Gasteiger partial charge in [0.15, 0.2) is 6.10 Å². The molecule has 0 heterocycles. The minimum atomic E-state index is -0.559. The third-order valence-electron chi connectivity index (χ3n) is 3.82. The lowest BCUT2D eigenvalue weighted by atomic mass is 10.1. The van der Waals surface area contributed by atoms with Crippen molar-refractivity contribution >= 4 is 5.91 Å². The summed E-state index contributed by atoms with van der Waals surface area (Å²) in [7, 11) is 1.60. The van der Waals surface area contributed by atoms with Crippen LogP contribution in [0.2, 0.25) is 0 Å². The van der Waals surface area contributed by atoms with E-state index in [1.165, 1.54) is 5.56 Å². The van der Waals surface area contributed by atoms with Gasteiger partial charge in [-0.25, -0.2) is 0 Å². The monoisotopic (exact) mass is 327 g/mol. The number of methoxy groups -OCH3 is 1. The van der Waals surface area contributed by atoms with Crippen LogP contribution in [0, 0.1) is 0 Å². The SMILES string of the molecule is COc1cccc(O[C@H](C)C(=O)N[C@H](C)CCc2ccccc2)c1. The zero-order valence-electron chi connectivity index (χ0n) is 14.5. The molecule has 4 nitrogen and oxygen atoms in total. The fourth-order valence-corrected chi connectivity index (χ4v) is 2.39. The number of aryl methyl sites for hydroxylation is 1. The Hall–Kier alpha value is -2.49. The number of rotatable bonds is 8. The van der Waals surface area contributed by atoms with Crippen LogP contribution >= 0.6 is 0 Å². The molecule has 128 valence electrons. The van der Waals surface area contributed by atoms with Crippen LogP contribution in [-0.4, -0.2) is 25.2 Å². The Labute approximate surface area is 143 Å². The predicted octanol–water partition coefficient (Wildman–Crippen LogP) is 3.60. The lowest BCUT2D eigenvalue weighted by Crippen LogP contribution is -2.41. The van der Waals surface area contributed by atoms with E-state index >= 15 is 0 Å². The molecule has 0 aliphatic carbocycles. The number of hydrogen-bond donors (Lipinski definition) is 1. The van der Waals surface area contributed by atoms with Gasteiger partial charge in [0.1, 0.15) is 11.5 Å². The largest absolute Gasteiger partial charge is 0.497 e. The molecule has 24 heavy (non-hydrogen) atoms. The Kier molecular flexibility index (Phi) is 6.67. The zero-order chi connectivity index (χ0) is 17.4. The summed E-state index contributed by atoms with van der Waals surface area (Å²) in [5, 5.41) is 3.00. The summed E-state index contributed by atoms with van der Waals surface area (Å²) in [5.41, 5.74) is 1.28. The van der Waals surface area contributed by atoms with Gasteiger partial charge in [-0.3, -0.25) is 4.79 Å². The molecule has 0 spiro atoms. The molecule has 0 saturated heterocycles. The summed E-state index contributed by atoms with van der Waals surface area (Å²) in [6.45, 7) is 3.76.